The highest BCUT2D eigenvalue weighted by Gasteiger charge is 2.74. The summed E-state index contributed by atoms with van der Waals surface area (Å²) < 4.78 is 289. The largest absolute Gasteiger partial charge is 0.477 e. The van der Waals surface area contributed by atoms with Crippen molar-refractivity contribution in [2.24, 2.45) is 0 Å². The van der Waals surface area contributed by atoms with E-state index in [1.165, 1.54) is 124 Å². The SMILES string of the molecule is CC(C)(C)OP(=O)(OCOC(CNc1nc(-c2cc(-c3ccon3)n(Cc3ccccc3F)n2)ncc1F)(C(F)(F)F)C(F)(F)F)OC(C)(C)C.O=P(O)(O)OCOC(CNc1nc(-c2cc(-c3ccon3)n(Cc3ccccc3F)n2)ncc1F)(C(F)(F)F)C(F)(F)F. The molecule has 2 aromatic carbocycles. The molecule has 512 valence electrons. The summed E-state index contributed by atoms with van der Waals surface area (Å²) in [5.41, 5.74) is -11.8. The van der Waals surface area contributed by atoms with Crippen LogP contribution in [0.3, 0.4) is 0 Å². The second kappa shape index (κ2) is 28.2. The fourth-order valence-corrected chi connectivity index (χ4v) is 9.75. The Bertz CT molecular complexity index is 3900. The molecule has 94 heavy (non-hydrogen) atoms. The summed E-state index contributed by atoms with van der Waals surface area (Å²) in [6, 6.07) is 16.9. The highest BCUT2D eigenvalue weighted by molar-refractivity contribution is 7.48. The van der Waals surface area contributed by atoms with Gasteiger partial charge >= 0.3 is 40.4 Å². The molecule has 0 saturated heterocycles. The van der Waals surface area contributed by atoms with Gasteiger partial charge in [-0.1, -0.05) is 46.7 Å². The lowest BCUT2D eigenvalue weighted by atomic mass is 10.0. The van der Waals surface area contributed by atoms with Gasteiger partial charge in [-0.3, -0.25) is 27.5 Å². The first-order valence-electron chi connectivity index (χ1n) is 26.3. The Hall–Kier alpha value is -7.94. The Morgan fingerprint density at radius 3 is 1.19 bits per heavy atom. The lowest BCUT2D eigenvalue weighted by molar-refractivity contribution is -0.384. The molecule has 42 heteroatoms. The predicted octanol–water partition coefficient (Wildman–Crippen LogP) is 13.0. The molecule has 0 unspecified atom stereocenters. The van der Waals surface area contributed by atoms with Crippen LogP contribution in [0.25, 0.3) is 45.8 Å². The second-order valence-corrected chi connectivity index (χ2v) is 24.1. The Labute approximate surface area is 518 Å². The average molecular weight is 1400 g/mol. The van der Waals surface area contributed by atoms with E-state index in [1.54, 1.807) is 22.8 Å². The maximum Gasteiger partial charge on any atom is 0.477 e. The van der Waals surface area contributed by atoms with Crippen molar-refractivity contribution in [3.05, 3.63) is 132 Å². The van der Waals surface area contributed by atoms with Gasteiger partial charge in [0.15, 0.2) is 48.5 Å². The molecule has 0 amide bonds. The molecule has 0 aliphatic rings. The van der Waals surface area contributed by atoms with Crippen molar-refractivity contribution >= 4 is 27.3 Å². The number of aromatic nitrogens is 10. The minimum Gasteiger partial charge on any atom is -0.364 e. The third-order valence-corrected chi connectivity index (χ3v) is 14.5. The van der Waals surface area contributed by atoms with E-state index in [9.17, 15) is 79.4 Å². The van der Waals surface area contributed by atoms with Crippen LogP contribution in [0.15, 0.2) is 107 Å². The van der Waals surface area contributed by atoms with Crippen LogP contribution in [0, 0.1) is 23.3 Å². The smallest absolute Gasteiger partial charge is 0.364 e. The molecule has 0 aliphatic heterocycles. The summed E-state index contributed by atoms with van der Waals surface area (Å²) in [5.74, 6) is -7.21. The van der Waals surface area contributed by atoms with Crippen molar-refractivity contribution in [1.29, 1.82) is 0 Å². The fourth-order valence-electron chi connectivity index (χ4n) is 7.90. The van der Waals surface area contributed by atoms with E-state index in [2.05, 4.69) is 54.4 Å². The summed E-state index contributed by atoms with van der Waals surface area (Å²) in [7, 11) is -10.4. The number of hydrogen-bond donors (Lipinski definition) is 4. The summed E-state index contributed by atoms with van der Waals surface area (Å²) in [4.78, 5) is 32.1. The van der Waals surface area contributed by atoms with Crippen LogP contribution in [0.4, 0.5) is 81.9 Å². The van der Waals surface area contributed by atoms with Gasteiger partial charge in [-0.25, -0.2) is 46.6 Å². The van der Waals surface area contributed by atoms with Gasteiger partial charge in [0.05, 0.1) is 61.2 Å². The maximum atomic E-state index is 14.8. The highest BCUT2D eigenvalue weighted by Crippen LogP contribution is 2.56. The van der Waals surface area contributed by atoms with Gasteiger partial charge < -0.3 is 38.9 Å². The summed E-state index contributed by atoms with van der Waals surface area (Å²) in [6.07, 6.45) is -21.5. The van der Waals surface area contributed by atoms with Crippen LogP contribution < -0.4 is 10.6 Å². The first-order chi connectivity index (χ1) is 43.4. The van der Waals surface area contributed by atoms with E-state index in [4.69, 9.17) is 32.4 Å². The summed E-state index contributed by atoms with van der Waals surface area (Å²) in [6.45, 7) is -0.442. The number of hydrogen-bond acceptors (Lipinski definition) is 20. The van der Waals surface area contributed by atoms with E-state index < -0.39 is 136 Å². The van der Waals surface area contributed by atoms with Crippen LogP contribution in [0.2, 0.25) is 0 Å². The minimum atomic E-state index is -6.25. The van der Waals surface area contributed by atoms with Crippen LogP contribution in [-0.4, -0.2) is 133 Å². The van der Waals surface area contributed by atoms with Gasteiger partial charge in [0.2, 0.25) is 0 Å². The monoisotopic (exact) mass is 1400 g/mol. The van der Waals surface area contributed by atoms with Gasteiger partial charge in [0, 0.05) is 23.3 Å². The standard InChI is InChI=1S/C30H33F8N6O6P.C22H17F8N6O6P/c1-26(2,3)49-51(45,50-27(4,5)6)48-17-46-28(29(33,34)35,30(36,37)38)16-40-24-20(32)14-39-25(41-24)22-13-23(21-11-12-47-43-21)44(42-22)15-18-9-7-8-10-19(18)31;23-13-4-2-1-3-12(13)9-36-17(15-5-6-41-35-15)7-16(34-36)19-31-8-14(24)18(33-19)32-10-20(21(25,26)27,22(28,29)30)40-11-42-43(37,38)39/h7-14H,15-17H2,1-6H3,(H,39,40,41);1-8H,9-11H2,(H,31,32,33)(H2,37,38,39). The minimum absolute atomic E-state index is 0.136. The molecule has 4 N–H and O–H groups in total. The topological polar surface area (TPSA) is 293 Å². The molecule has 0 spiro atoms. The van der Waals surface area contributed by atoms with Crippen LogP contribution in [0.5, 0.6) is 0 Å². The normalized spacial score (nSPS) is 13.3. The van der Waals surface area contributed by atoms with Gasteiger partial charge in [-0.05, 0) is 65.8 Å². The molecule has 0 aliphatic carbocycles. The third-order valence-electron chi connectivity index (χ3n) is 12.1. The van der Waals surface area contributed by atoms with Crippen LogP contribution >= 0.6 is 15.6 Å². The molecular formula is C52H50F16N12O12P2. The summed E-state index contributed by atoms with van der Waals surface area (Å²) >= 11 is 0. The zero-order chi connectivity index (χ0) is 69.7. The number of phosphoric acid groups is 2. The maximum absolute atomic E-state index is 14.8. The van der Waals surface area contributed by atoms with Gasteiger partial charge in [-0.2, -0.15) is 62.9 Å². The van der Waals surface area contributed by atoms with Crippen LogP contribution in [0.1, 0.15) is 52.7 Å². The third kappa shape index (κ3) is 18.3. The first-order valence-corrected chi connectivity index (χ1v) is 29.3. The molecule has 8 rings (SSSR count). The Morgan fingerprint density at radius 2 is 0.872 bits per heavy atom. The van der Waals surface area contributed by atoms with E-state index >= 15 is 0 Å². The summed E-state index contributed by atoms with van der Waals surface area (Å²) in [5, 5.41) is 19.4. The number of phosphoric ester groups is 2. The number of nitrogens with one attached hydrogen (secondary N) is 2. The molecule has 24 nitrogen and oxygen atoms in total. The van der Waals surface area contributed by atoms with E-state index in [0.717, 1.165) is 0 Å². The van der Waals surface area contributed by atoms with Crippen molar-refractivity contribution in [1.82, 2.24) is 49.8 Å². The number of nitrogens with zero attached hydrogens (tertiary/aromatic N) is 10. The van der Waals surface area contributed by atoms with E-state index in [-0.39, 0.29) is 58.4 Å². The molecule has 0 bridgehead atoms. The number of rotatable bonds is 24. The molecule has 0 saturated carbocycles. The average Bonchev–Trinajstić information content (AvgIpc) is 1.05. The quantitative estimate of drug-likeness (QED) is 0.0248. The predicted molar refractivity (Wildman–Crippen MR) is 290 cm³/mol. The van der Waals surface area contributed by atoms with Crippen molar-refractivity contribution in [3.63, 3.8) is 0 Å². The lowest BCUT2D eigenvalue weighted by Crippen LogP contribution is -2.63. The van der Waals surface area contributed by atoms with Crippen molar-refractivity contribution in [2.45, 2.75) is 102 Å². The lowest BCUT2D eigenvalue weighted by Gasteiger charge is -2.37. The molecule has 0 radical (unpaired) electrons. The molecule has 0 fully saturated rings. The number of ether oxygens (including phenoxy) is 2. The molecule has 8 aromatic rings. The first kappa shape index (κ1) is 73.5. The Kier molecular flexibility index (Phi) is 22.0. The molecule has 6 aromatic heterocycles. The number of benzene rings is 2. The Balaban J connectivity index is 0.000000270. The van der Waals surface area contributed by atoms with Gasteiger partial charge in [-0.15, -0.1) is 0 Å². The van der Waals surface area contributed by atoms with Crippen LogP contribution in [-0.2, 0) is 49.8 Å². The zero-order valence-electron chi connectivity index (χ0n) is 48.9. The van der Waals surface area contributed by atoms with E-state index in [0.29, 0.717) is 12.4 Å². The molecule has 0 atom stereocenters. The van der Waals surface area contributed by atoms with Gasteiger partial charge in [0.25, 0.3) is 11.2 Å². The Morgan fingerprint density at radius 1 is 0.511 bits per heavy atom. The second-order valence-electron chi connectivity index (χ2n) is 21.4. The van der Waals surface area contributed by atoms with E-state index in [1.807, 2.05) is 0 Å². The highest BCUT2D eigenvalue weighted by atomic mass is 31.2. The van der Waals surface area contributed by atoms with Crippen molar-refractivity contribution < 1.29 is 126 Å². The number of alkyl halides is 12. The van der Waals surface area contributed by atoms with Crippen molar-refractivity contribution in [3.8, 4) is 45.8 Å². The zero-order valence-corrected chi connectivity index (χ0v) is 50.7. The van der Waals surface area contributed by atoms with Gasteiger partial charge in [0.1, 0.15) is 46.9 Å². The fraction of sp³-hybridized carbons (Fsp3) is 0.385. The molecular weight excluding hydrogens is 1350 g/mol. The van der Waals surface area contributed by atoms with Crippen molar-refractivity contribution in [2.75, 3.05) is 37.3 Å². The number of halogens is 16. The number of anilines is 2. The molecule has 6 heterocycles.